The lowest BCUT2D eigenvalue weighted by atomic mass is 10.2. The number of fused-ring (bicyclic) bond motifs is 1. The van der Waals surface area contributed by atoms with Crippen LogP contribution in [0.1, 0.15) is 5.69 Å². The molecule has 0 fully saturated rings. The fraction of sp³-hybridized carbons (Fsp3) is 0.583. The fourth-order valence-corrected chi connectivity index (χ4v) is 2.59. The Bertz CT molecular complexity index is 373. The highest BCUT2D eigenvalue weighted by Gasteiger charge is 2.14. The molecule has 0 saturated carbocycles. The third-order valence-corrected chi connectivity index (χ3v) is 3.61. The number of hydrogen-bond donors (Lipinski definition) is 0. The van der Waals surface area contributed by atoms with E-state index in [-0.39, 0.29) is 6.10 Å². The van der Waals surface area contributed by atoms with Crippen LogP contribution in [0.2, 0.25) is 0 Å². The average Bonchev–Trinajstić information content (AvgIpc) is 2.38. The van der Waals surface area contributed by atoms with E-state index in [4.69, 9.17) is 14.2 Å². The number of methoxy groups -OCH3 is 2. The third-order valence-electron chi connectivity index (χ3n) is 2.61. The van der Waals surface area contributed by atoms with Crippen LogP contribution in [-0.2, 0) is 15.9 Å². The summed E-state index contributed by atoms with van der Waals surface area (Å²) in [4.78, 5) is 5.56. The molecule has 94 valence electrons. The van der Waals surface area contributed by atoms with Gasteiger partial charge in [0.05, 0.1) is 30.4 Å². The Labute approximate surface area is 106 Å². The van der Waals surface area contributed by atoms with Crippen LogP contribution >= 0.6 is 11.8 Å². The van der Waals surface area contributed by atoms with Gasteiger partial charge in [-0.25, -0.2) is 0 Å². The Morgan fingerprint density at radius 2 is 2.41 bits per heavy atom. The van der Waals surface area contributed by atoms with Crippen LogP contribution in [0.3, 0.4) is 0 Å². The molecule has 0 amide bonds. The number of aromatic nitrogens is 1. The predicted octanol–water partition coefficient (Wildman–Crippen LogP) is 1.77. The maximum absolute atomic E-state index is 5.52. The minimum Gasteiger partial charge on any atom is -0.490 e. The zero-order valence-electron chi connectivity index (χ0n) is 10.1. The van der Waals surface area contributed by atoms with Crippen molar-refractivity contribution < 1.29 is 14.2 Å². The van der Waals surface area contributed by atoms with E-state index < -0.39 is 0 Å². The molecule has 2 rings (SSSR count). The number of pyridine rings is 1. The largest absolute Gasteiger partial charge is 0.490 e. The van der Waals surface area contributed by atoms with Crippen molar-refractivity contribution in [3.63, 3.8) is 0 Å². The predicted molar refractivity (Wildman–Crippen MR) is 66.8 cm³/mol. The molecule has 0 aromatic carbocycles. The highest BCUT2D eigenvalue weighted by Crippen LogP contribution is 2.32. The first-order valence-corrected chi connectivity index (χ1v) is 6.58. The molecule has 1 unspecified atom stereocenters. The van der Waals surface area contributed by atoms with E-state index in [2.05, 4.69) is 11.1 Å². The zero-order chi connectivity index (χ0) is 12.1. The van der Waals surface area contributed by atoms with Gasteiger partial charge in [0.25, 0.3) is 0 Å². The number of ether oxygens (including phenoxy) is 3. The monoisotopic (exact) mass is 255 g/mol. The molecule has 0 N–H and O–H groups in total. The standard InChI is InChI=1S/C12H17NO3S/c1-14-8-10(15-2)5-9-6-12-11(7-13-9)16-3-4-17-12/h6-7,10H,3-5,8H2,1-2H3. The lowest BCUT2D eigenvalue weighted by Crippen LogP contribution is -2.21. The summed E-state index contributed by atoms with van der Waals surface area (Å²) in [7, 11) is 3.37. The molecule has 0 spiro atoms. The van der Waals surface area contributed by atoms with Gasteiger partial charge in [-0.2, -0.15) is 0 Å². The topological polar surface area (TPSA) is 40.6 Å². The molecule has 0 aliphatic carbocycles. The second-order valence-electron chi connectivity index (χ2n) is 3.84. The van der Waals surface area contributed by atoms with Gasteiger partial charge in [-0.15, -0.1) is 11.8 Å². The van der Waals surface area contributed by atoms with Crippen LogP contribution in [0.15, 0.2) is 17.2 Å². The van der Waals surface area contributed by atoms with E-state index in [1.54, 1.807) is 20.4 Å². The van der Waals surface area contributed by atoms with Crippen molar-refractivity contribution >= 4 is 11.8 Å². The maximum atomic E-state index is 5.52. The lowest BCUT2D eigenvalue weighted by Gasteiger charge is -2.18. The number of nitrogens with zero attached hydrogens (tertiary/aromatic N) is 1. The maximum Gasteiger partial charge on any atom is 0.151 e. The normalized spacial score (nSPS) is 16.1. The minimum atomic E-state index is 0.0556. The van der Waals surface area contributed by atoms with Gasteiger partial charge in [0.15, 0.2) is 5.75 Å². The van der Waals surface area contributed by atoms with Gasteiger partial charge < -0.3 is 14.2 Å². The van der Waals surface area contributed by atoms with E-state index >= 15 is 0 Å². The molecule has 0 radical (unpaired) electrons. The van der Waals surface area contributed by atoms with Gasteiger partial charge in [-0.3, -0.25) is 4.98 Å². The first kappa shape index (κ1) is 12.7. The minimum absolute atomic E-state index is 0.0556. The van der Waals surface area contributed by atoms with E-state index in [9.17, 15) is 0 Å². The van der Waals surface area contributed by atoms with Crippen molar-refractivity contribution in [1.29, 1.82) is 0 Å². The Kier molecular flexibility index (Phi) is 4.65. The molecule has 1 aromatic heterocycles. The van der Waals surface area contributed by atoms with Crippen LogP contribution in [0, 0.1) is 0 Å². The summed E-state index contributed by atoms with van der Waals surface area (Å²) < 4.78 is 16.0. The van der Waals surface area contributed by atoms with Crippen LogP contribution in [0.5, 0.6) is 5.75 Å². The Morgan fingerprint density at radius 3 is 3.18 bits per heavy atom. The molecule has 2 heterocycles. The molecule has 1 aliphatic rings. The average molecular weight is 255 g/mol. The second kappa shape index (κ2) is 6.23. The van der Waals surface area contributed by atoms with Crippen molar-refractivity contribution in [2.75, 3.05) is 33.2 Å². The molecule has 0 saturated heterocycles. The molecule has 1 aromatic rings. The van der Waals surface area contributed by atoms with Crippen LogP contribution in [-0.4, -0.2) is 44.3 Å². The summed E-state index contributed by atoms with van der Waals surface area (Å²) in [5.41, 5.74) is 1.02. The Morgan fingerprint density at radius 1 is 1.53 bits per heavy atom. The molecule has 1 atom stereocenters. The lowest BCUT2D eigenvalue weighted by molar-refractivity contribution is 0.0283. The highest BCUT2D eigenvalue weighted by molar-refractivity contribution is 7.99. The van der Waals surface area contributed by atoms with Crippen LogP contribution < -0.4 is 4.74 Å². The molecule has 5 heteroatoms. The van der Waals surface area contributed by atoms with E-state index in [0.717, 1.165) is 30.2 Å². The second-order valence-corrected chi connectivity index (χ2v) is 4.97. The van der Waals surface area contributed by atoms with Crippen molar-refractivity contribution in [3.8, 4) is 5.75 Å². The van der Waals surface area contributed by atoms with Crippen LogP contribution in [0.4, 0.5) is 0 Å². The zero-order valence-corrected chi connectivity index (χ0v) is 11.0. The molecular weight excluding hydrogens is 238 g/mol. The summed E-state index contributed by atoms with van der Waals surface area (Å²) in [6.07, 6.45) is 2.62. The number of hydrogen-bond acceptors (Lipinski definition) is 5. The van der Waals surface area contributed by atoms with Crippen molar-refractivity contribution in [2.24, 2.45) is 0 Å². The van der Waals surface area contributed by atoms with Gasteiger partial charge in [-0.05, 0) is 6.07 Å². The van der Waals surface area contributed by atoms with E-state index in [0.29, 0.717) is 6.61 Å². The summed E-state index contributed by atoms with van der Waals surface area (Å²) in [5.74, 6) is 1.90. The van der Waals surface area contributed by atoms with E-state index in [1.165, 1.54) is 4.90 Å². The summed E-state index contributed by atoms with van der Waals surface area (Å²) in [5, 5.41) is 0. The van der Waals surface area contributed by atoms with E-state index in [1.807, 2.05) is 11.8 Å². The van der Waals surface area contributed by atoms with Crippen LogP contribution in [0.25, 0.3) is 0 Å². The summed E-state index contributed by atoms with van der Waals surface area (Å²) in [6.45, 7) is 1.35. The van der Waals surface area contributed by atoms with Gasteiger partial charge in [0.2, 0.25) is 0 Å². The highest BCUT2D eigenvalue weighted by atomic mass is 32.2. The fourth-order valence-electron chi connectivity index (χ4n) is 1.73. The first-order valence-electron chi connectivity index (χ1n) is 5.59. The molecule has 1 aliphatic heterocycles. The number of rotatable bonds is 5. The Hall–Kier alpha value is -0.780. The van der Waals surface area contributed by atoms with Gasteiger partial charge >= 0.3 is 0 Å². The SMILES string of the molecule is COCC(Cc1cc2c(cn1)OCCS2)OC. The summed E-state index contributed by atoms with van der Waals surface area (Å²) in [6, 6.07) is 2.08. The third kappa shape index (κ3) is 3.34. The number of thioether (sulfide) groups is 1. The Balaban J connectivity index is 2.05. The van der Waals surface area contributed by atoms with Crippen molar-refractivity contribution in [1.82, 2.24) is 4.98 Å². The molecule has 17 heavy (non-hydrogen) atoms. The first-order chi connectivity index (χ1) is 8.33. The molecule has 0 bridgehead atoms. The smallest absolute Gasteiger partial charge is 0.151 e. The summed E-state index contributed by atoms with van der Waals surface area (Å²) >= 11 is 1.81. The van der Waals surface area contributed by atoms with Gasteiger partial charge in [0, 0.05) is 32.1 Å². The van der Waals surface area contributed by atoms with Gasteiger partial charge in [0.1, 0.15) is 0 Å². The molecular formula is C12H17NO3S. The quantitative estimate of drug-likeness (QED) is 0.802. The molecule has 4 nitrogen and oxygen atoms in total. The van der Waals surface area contributed by atoms with Crippen molar-refractivity contribution in [2.45, 2.75) is 17.4 Å². The van der Waals surface area contributed by atoms with Gasteiger partial charge in [-0.1, -0.05) is 0 Å². The van der Waals surface area contributed by atoms with Crippen molar-refractivity contribution in [3.05, 3.63) is 18.0 Å².